The zero-order chi connectivity index (χ0) is 8.39. The molecule has 0 fully saturated rings. The third kappa shape index (κ3) is 3.87. The van der Waals surface area contributed by atoms with Gasteiger partial charge in [-0.2, -0.15) is 15.4 Å². The van der Waals surface area contributed by atoms with Crippen LogP contribution in [0.3, 0.4) is 0 Å². The molecular formula is C9H11KN3Na. The van der Waals surface area contributed by atoms with Crippen molar-refractivity contribution in [3.05, 3.63) is 36.0 Å². The molecule has 5 heteroatoms. The average Bonchev–Trinajstić information content (AvgIpc) is 2.58. The van der Waals surface area contributed by atoms with Gasteiger partial charge in [0.1, 0.15) is 5.69 Å². The first kappa shape index (κ1) is 15.0. The number of benzene rings is 1. The summed E-state index contributed by atoms with van der Waals surface area (Å²) in [7, 11) is 0. The molecule has 0 atom stereocenters. The van der Waals surface area contributed by atoms with Gasteiger partial charge in [-0.05, 0) is 6.92 Å². The molecule has 0 spiro atoms. The van der Waals surface area contributed by atoms with Crippen LogP contribution in [0.25, 0.3) is 11.3 Å². The fourth-order valence-electron chi connectivity index (χ4n) is 1.07. The molecule has 0 saturated carbocycles. The van der Waals surface area contributed by atoms with Crippen LogP contribution in [0.4, 0.5) is 0 Å². The van der Waals surface area contributed by atoms with Crippen molar-refractivity contribution in [2.24, 2.45) is 0 Å². The Kier molecular flexibility index (Phi) is 7.82. The normalized spacial score (nSPS) is 8.64. The van der Waals surface area contributed by atoms with Crippen LogP contribution in [0.2, 0.25) is 0 Å². The number of aryl methyl sites for hydroxylation is 1. The van der Waals surface area contributed by atoms with E-state index < -0.39 is 0 Å². The van der Waals surface area contributed by atoms with Crippen molar-refractivity contribution < 1.29 is 83.8 Å². The van der Waals surface area contributed by atoms with Crippen molar-refractivity contribution in [3.63, 3.8) is 0 Å². The molecule has 0 bridgehead atoms. The molecule has 0 aliphatic carbocycles. The number of nitrogens with zero attached hydrogens (tertiary/aromatic N) is 2. The van der Waals surface area contributed by atoms with E-state index in [1.54, 1.807) is 6.20 Å². The number of nitrogens with one attached hydrogen (secondary N) is 1. The molecule has 14 heavy (non-hydrogen) atoms. The second-order valence-corrected chi connectivity index (χ2v) is 2.72. The van der Waals surface area contributed by atoms with Gasteiger partial charge in [-0.15, -0.1) is 0 Å². The van der Waals surface area contributed by atoms with E-state index in [-0.39, 0.29) is 83.8 Å². The zero-order valence-electron chi connectivity index (χ0n) is 10.8. The quantitative estimate of drug-likeness (QED) is 0.501. The van der Waals surface area contributed by atoms with Gasteiger partial charge in [-0.1, -0.05) is 29.8 Å². The summed E-state index contributed by atoms with van der Waals surface area (Å²) in [6.07, 6.45) is 1.71. The number of hydrogen-bond donors (Lipinski definition) is 1. The van der Waals surface area contributed by atoms with Crippen molar-refractivity contribution in [1.29, 1.82) is 0 Å². The van der Waals surface area contributed by atoms with Crippen molar-refractivity contribution in [3.8, 4) is 11.3 Å². The summed E-state index contributed by atoms with van der Waals surface area (Å²) >= 11 is 0. The summed E-state index contributed by atoms with van der Waals surface area (Å²) in [4.78, 5) is 0. The molecule has 1 aromatic carbocycles. The second kappa shape index (κ2) is 7.30. The van der Waals surface area contributed by atoms with Crippen LogP contribution in [-0.2, 0) is 0 Å². The maximum Gasteiger partial charge on any atom is 1.00 e. The van der Waals surface area contributed by atoms with Crippen LogP contribution >= 0.6 is 0 Å². The van der Waals surface area contributed by atoms with Crippen LogP contribution in [-0.4, -0.2) is 15.4 Å². The molecule has 64 valence electrons. The van der Waals surface area contributed by atoms with Gasteiger partial charge >= 0.3 is 80.9 Å². The standard InChI is InChI=1S/C9H9N3.K.Na.2H/c1-7-2-4-8(5-3-7)9-6-10-12-11-9;;;;/h2-6H,1H3,(H,10,11,12);;;;/q;2*+1;2*-1. The van der Waals surface area contributed by atoms with E-state index >= 15 is 0 Å². The van der Waals surface area contributed by atoms with Crippen LogP contribution in [0.5, 0.6) is 0 Å². The predicted octanol–water partition coefficient (Wildman–Crippen LogP) is -3.99. The summed E-state index contributed by atoms with van der Waals surface area (Å²) in [5.74, 6) is 0. The number of aromatic amines is 1. The summed E-state index contributed by atoms with van der Waals surface area (Å²) in [6, 6.07) is 8.19. The first-order chi connectivity index (χ1) is 5.86. The first-order valence-corrected chi connectivity index (χ1v) is 3.79. The van der Waals surface area contributed by atoms with E-state index in [1.807, 2.05) is 12.1 Å². The number of hydrogen-bond acceptors (Lipinski definition) is 2. The minimum atomic E-state index is 0. The molecule has 2 aromatic rings. The molecule has 0 aliphatic rings. The van der Waals surface area contributed by atoms with E-state index in [4.69, 9.17) is 0 Å². The minimum absolute atomic E-state index is 0. The topological polar surface area (TPSA) is 41.6 Å². The van der Waals surface area contributed by atoms with E-state index in [1.165, 1.54) is 5.56 Å². The smallest absolute Gasteiger partial charge is 1.00 e. The fourth-order valence-corrected chi connectivity index (χ4v) is 1.07. The molecule has 1 heterocycles. The van der Waals surface area contributed by atoms with Crippen molar-refractivity contribution in [1.82, 2.24) is 15.4 Å². The van der Waals surface area contributed by atoms with Crippen molar-refractivity contribution in [2.45, 2.75) is 6.92 Å². The van der Waals surface area contributed by atoms with Crippen LogP contribution < -0.4 is 80.9 Å². The monoisotopic (exact) mass is 223 g/mol. The van der Waals surface area contributed by atoms with Gasteiger partial charge < -0.3 is 2.85 Å². The molecule has 1 N–H and O–H groups in total. The average molecular weight is 223 g/mol. The van der Waals surface area contributed by atoms with Crippen LogP contribution in [0.1, 0.15) is 8.42 Å². The molecule has 0 amide bonds. The Morgan fingerprint density at radius 3 is 2.36 bits per heavy atom. The van der Waals surface area contributed by atoms with E-state index in [0.717, 1.165) is 11.3 Å². The van der Waals surface area contributed by atoms with Gasteiger partial charge in [0.2, 0.25) is 0 Å². The second-order valence-electron chi connectivity index (χ2n) is 2.72. The summed E-state index contributed by atoms with van der Waals surface area (Å²) in [6.45, 7) is 2.06. The van der Waals surface area contributed by atoms with Crippen molar-refractivity contribution in [2.75, 3.05) is 0 Å². The maximum atomic E-state index is 3.98. The molecule has 3 nitrogen and oxygen atoms in total. The number of H-pyrrole nitrogens is 1. The van der Waals surface area contributed by atoms with Gasteiger partial charge in [0.05, 0.1) is 6.20 Å². The van der Waals surface area contributed by atoms with E-state index in [9.17, 15) is 0 Å². The SMILES string of the molecule is Cc1ccc(-c2cn[nH]n2)cc1.[H-].[H-].[K+].[Na+]. The Hall–Kier alpha value is 0.996. The molecular weight excluding hydrogens is 212 g/mol. The third-order valence-electron chi connectivity index (χ3n) is 1.76. The number of rotatable bonds is 1. The molecule has 0 aliphatic heterocycles. The van der Waals surface area contributed by atoms with Crippen LogP contribution in [0, 0.1) is 6.92 Å². The minimum Gasteiger partial charge on any atom is -1.00 e. The first-order valence-electron chi connectivity index (χ1n) is 3.79. The third-order valence-corrected chi connectivity index (χ3v) is 1.76. The van der Waals surface area contributed by atoms with Gasteiger partial charge in [0, 0.05) is 5.56 Å². The molecule has 2 rings (SSSR count). The summed E-state index contributed by atoms with van der Waals surface area (Å²) < 4.78 is 0. The van der Waals surface area contributed by atoms with Gasteiger partial charge in [-0.25, -0.2) is 0 Å². The molecule has 0 saturated heterocycles. The Morgan fingerprint density at radius 1 is 1.21 bits per heavy atom. The van der Waals surface area contributed by atoms with Gasteiger partial charge in [0.15, 0.2) is 0 Å². The number of aromatic nitrogens is 3. The van der Waals surface area contributed by atoms with E-state index in [0.29, 0.717) is 0 Å². The molecule has 1 aromatic heterocycles. The predicted molar refractivity (Wildman–Crippen MR) is 48.8 cm³/mol. The summed E-state index contributed by atoms with van der Waals surface area (Å²) in [5.41, 5.74) is 3.23. The molecule has 0 unspecified atom stereocenters. The summed E-state index contributed by atoms with van der Waals surface area (Å²) in [5, 5.41) is 10.3. The van der Waals surface area contributed by atoms with Gasteiger partial charge in [0.25, 0.3) is 0 Å². The Labute approximate surface area is 151 Å². The Balaban J connectivity index is -0.000000422. The zero-order valence-corrected chi connectivity index (χ0v) is 13.9. The van der Waals surface area contributed by atoms with Gasteiger partial charge in [-0.3, -0.25) is 0 Å². The van der Waals surface area contributed by atoms with Crippen molar-refractivity contribution >= 4 is 0 Å². The Bertz CT molecular complexity index is 367. The Morgan fingerprint density at radius 2 is 1.86 bits per heavy atom. The largest absolute Gasteiger partial charge is 1.00 e. The molecule has 0 radical (unpaired) electrons. The maximum absolute atomic E-state index is 3.98. The fraction of sp³-hybridized carbons (Fsp3) is 0.111. The van der Waals surface area contributed by atoms with E-state index in [2.05, 4.69) is 34.5 Å². The van der Waals surface area contributed by atoms with Crippen LogP contribution in [0.15, 0.2) is 30.5 Å².